The summed E-state index contributed by atoms with van der Waals surface area (Å²) in [4.78, 5) is 32.0. The molecule has 2 aromatic carbocycles. The van der Waals surface area contributed by atoms with E-state index in [-0.39, 0.29) is 18.3 Å². The monoisotopic (exact) mass is 413 g/mol. The van der Waals surface area contributed by atoms with Gasteiger partial charge in [-0.15, -0.1) is 0 Å². The molecule has 132 valence electrons. The summed E-state index contributed by atoms with van der Waals surface area (Å²) in [7, 11) is 0. The van der Waals surface area contributed by atoms with Crippen LogP contribution in [0.1, 0.15) is 23.7 Å². The van der Waals surface area contributed by atoms with E-state index in [2.05, 4.69) is 31.2 Å². The lowest BCUT2D eigenvalue weighted by Crippen LogP contribution is -2.13. The van der Waals surface area contributed by atoms with Gasteiger partial charge in [0.25, 0.3) is 0 Å². The normalized spacial score (nSPS) is 10.5. The molecule has 1 aromatic heterocycles. The summed E-state index contributed by atoms with van der Waals surface area (Å²) in [5.41, 5.74) is 1.89. The minimum absolute atomic E-state index is 0.0748. The lowest BCUT2D eigenvalue weighted by atomic mass is 10.1. The third-order valence-corrected chi connectivity index (χ3v) is 4.21. The largest absolute Gasteiger partial charge is 0.469 e. The number of aromatic nitrogens is 2. The Bertz CT molecular complexity index is 958. The molecule has 0 fully saturated rings. The number of benzene rings is 2. The second-order valence-electron chi connectivity index (χ2n) is 5.53. The van der Waals surface area contributed by atoms with Crippen LogP contribution in [0.5, 0.6) is 5.88 Å². The molecule has 0 bridgehead atoms. The molecule has 0 unspecified atom stereocenters. The molecular formula is C19H16BrN3O3. The van der Waals surface area contributed by atoms with E-state index < -0.39 is 0 Å². The summed E-state index contributed by atoms with van der Waals surface area (Å²) < 4.78 is 6.49. The Kier molecular flexibility index (Phi) is 5.58. The van der Waals surface area contributed by atoms with Crippen molar-refractivity contribution >= 4 is 44.2 Å². The summed E-state index contributed by atoms with van der Waals surface area (Å²) in [5.74, 6) is 0.103. The Morgan fingerprint density at radius 3 is 2.62 bits per heavy atom. The molecule has 3 rings (SSSR count). The standard InChI is InChI=1S/C19H16BrN3O3/c1-2-18(25)23-14-6-3-12(4-7-14)17(24)10-26-19-15-9-13(20)5-8-16(15)21-11-22-19/h3-9,11H,2,10H2,1H3,(H,23,25). The summed E-state index contributed by atoms with van der Waals surface area (Å²) in [5, 5.41) is 3.47. The second-order valence-corrected chi connectivity index (χ2v) is 6.45. The fourth-order valence-electron chi connectivity index (χ4n) is 2.33. The smallest absolute Gasteiger partial charge is 0.224 e. The molecule has 0 atom stereocenters. The van der Waals surface area contributed by atoms with Gasteiger partial charge in [0.05, 0.1) is 10.9 Å². The van der Waals surface area contributed by atoms with Gasteiger partial charge in [0.2, 0.25) is 11.8 Å². The van der Waals surface area contributed by atoms with Crippen LogP contribution in [0.4, 0.5) is 5.69 Å². The molecule has 3 aromatic rings. The minimum Gasteiger partial charge on any atom is -0.469 e. The van der Waals surface area contributed by atoms with E-state index >= 15 is 0 Å². The Morgan fingerprint density at radius 2 is 1.88 bits per heavy atom. The van der Waals surface area contributed by atoms with Crippen LogP contribution in [0.15, 0.2) is 53.3 Å². The van der Waals surface area contributed by atoms with E-state index in [1.807, 2.05) is 18.2 Å². The van der Waals surface area contributed by atoms with Crippen molar-refractivity contribution in [3.63, 3.8) is 0 Å². The summed E-state index contributed by atoms with van der Waals surface area (Å²) >= 11 is 3.40. The third-order valence-electron chi connectivity index (χ3n) is 3.71. The predicted octanol–water partition coefficient (Wildman–Crippen LogP) is 4.00. The van der Waals surface area contributed by atoms with Crippen LogP contribution >= 0.6 is 15.9 Å². The Balaban J connectivity index is 1.69. The average molecular weight is 414 g/mol. The van der Waals surface area contributed by atoms with Gasteiger partial charge in [-0.3, -0.25) is 9.59 Å². The number of Topliss-reactive ketones (excluding diaryl/α,β-unsaturated/α-hetero) is 1. The van der Waals surface area contributed by atoms with Crippen molar-refractivity contribution in [1.29, 1.82) is 0 Å². The van der Waals surface area contributed by atoms with Crippen molar-refractivity contribution in [3.8, 4) is 5.88 Å². The van der Waals surface area contributed by atoms with Crippen LogP contribution in [-0.2, 0) is 4.79 Å². The molecule has 26 heavy (non-hydrogen) atoms. The molecule has 1 heterocycles. The van der Waals surface area contributed by atoms with Crippen LogP contribution in [-0.4, -0.2) is 28.3 Å². The van der Waals surface area contributed by atoms with Crippen LogP contribution in [0.2, 0.25) is 0 Å². The zero-order valence-electron chi connectivity index (χ0n) is 14.0. The van der Waals surface area contributed by atoms with Crippen molar-refractivity contribution < 1.29 is 14.3 Å². The number of rotatable bonds is 6. The first-order valence-electron chi connectivity index (χ1n) is 8.03. The van der Waals surface area contributed by atoms with E-state index in [1.54, 1.807) is 31.2 Å². The highest BCUT2D eigenvalue weighted by atomic mass is 79.9. The number of carbonyl (C=O) groups is 2. The number of anilines is 1. The highest BCUT2D eigenvalue weighted by molar-refractivity contribution is 9.10. The Labute approximate surface area is 158 Å². The average Bonchev–Trinajstić information content (AvgIpc) is 2.66. The number of amides is 1. The maximum atomic E-state index is 12.3. The first-order chi connectivity index (χ1) is 12.6. The highest BCUT2D eigenvalue weighted by Gasteiger charge is 2.11. The lowest BCUT2D eigenvalue weighted by molar-refractivity contribution is -0.115. The molecule has 0 saturated carbocycles. The number of halogens is 1. The SMILES string of the molecule is CCC(=O)Nc1ccc(C(=O)COc2ncnc3ccc(Br)cc23)cc1. The molecule has 0 aliphatic carbocycles. The molecule has 6 nitrogen and oxygen atoms in total. The van der Waals surface area contributed by atoms with Crippen LogP contribution in [0, 0.1) is 0 Å². The minimum atomic E-state index is -0.180. The number of ether oxygens (including phenoxy) is 1. The molecular weight excluding hydrogens is 398 g/mol. The van der Waals surface area contributed by atoms with Gasteiger partial charge in [-0.25, -0.2) is 9.97 Å². The third kappa shape index (κ3) is 4.23. The van der Waals surface area contributed by atoms with E-state index in [0.717, 1.165) is 15.4 Å². The number of hydrogen-bond donors (Lipinski definition) is 1. The number of nitrogens with one attached hydrogen (secondary N) is 1. The Hall–Kier alpha value is -2.80. The van der Waals surface area contributed by atoms with Gasteiger partial charge in [0.15, 0.2) is 12.4 Å². The van der Waals surface area contributed by atoms with E-state index in [4.69, 9.17) is 4.74 Å². The fourth-order valence-corrected chi connectivity index (χ4v) is 2.69. The first-order valence-corrected chi connectivity index (χ1v) is 8.82. The maximum Gasteiger partial charge on any atom is 0.224 e. The topological polar surface area (TPSA) is 81.2 Å². The predicted molar refractivity (Wildman–Crippen MR) is 102 cm³/mol. The number of carbonyl (C=O) groups excluding carboxylic acids is 2. The number of ketones is 1. The number of nitrogens with zero attached hydrogens (tertiary/aromatic N) is 2. The van der Waals surface area contributed by atoms with Crippen molar-refractivity contribution in [2.24, 2.45) is 0 Å². The van der Waals surface area contributed by atoms with Crippen molar-refractivity contribution in [1.82, 2.24) is 9.97 Å². The molecule has 0 saturated heterocycles. The van der Waals surface area contributed by atoms with Gasteiger partial charge in [-0.1, -0.05) is 22.9 Å². The maximum absolute atomic E-state index is 12.3. The molecule has 1 amide bonds. The van der Waals surface area contributed by atoms with Crippen molar-refractivity contribution in [3.05, 3.63) is 58.8 Å². The van der Waals surface area contributed by atoms with E-state index in [0.29, 0.717) is 23.6 Å². The van der Waals surface area contributed by atoms with E-state index in [1.165, 1.54) is 6.33 Å². The van der Waals surface area contributed by atoms with Gasteiger partial charge in [-0.2, -0.15) is 0 Å². The summed E-state index contributed by atoms with van der Waals surface area (Å²) in [6.45, 7) is 1.64. The second kappa shape index (κ2) is 8.05. The highest BCUT2D eigenvalue weighted by Crippen LogP contribution is 2.25. The van der Waals surface area contributed by atoms with Crippen LogP contribution in [0.25, 0.3) is 10.9 Å². The first kappa shape index (κ1) is 18.0. The Morgan fingerprint density at radius 1 is 1.12 bits per heavy atom. The molecule has 0 aliphatic rings. The zero-order valence-corrected chi connectivity index (χ0v) is 15.6. The molecule has 7 heteroatoms. The lowest BCUT2D eigenvalue weighted by Gasteiger charge is -2.08. The van der Waals surface area contributed by atoms with Gasteiger partial charge in [0, 0.05) is 22.1 Å². The van der Waals surface area contributed by atoms with Crippen molar-refractivity contribution in [2.75, 3.05) is 11.9 Å². The number of fused-ring (bicyclic) bond motifs is 1. The van der Waals surface area contributed by atoms with Crippen molar-refractivity contribution in [2.45, 2.75) is 13.3 Å². The molecule has 0 aliphatic heterocycles. The fraction of sp³-hybridized carbons (Fsp3) is 0.158. The summed E-state index contributed by atoms with van der Waals surface area (Å²) in [6.07, 6.45) is 1.80. The van der Waals surface area contributed by atoms with Gasteiger partial charge >= 0.3 is 0 Å². The zero-order chi connectivity index (χ0) is 18.5. The van der Waals surface area contributed by atoms with Crippen LogP contribution < -0.4 is 10.1 Å². The molecule has 1 N–H and O–H groups in total. The quantitative estimate of drug-likeness (QED) is 0.617. The molecule has 0 spiro atoms. The number of hydrogen-bond acceptors (Lipinski definition) is 5. The van der Waals surface area contributed by atoms with E-state index in [9.17, 15) is 9.59 Å². The van der Waals surface area contributed by atoms with Gasteiger partial charge in [0.1, 0.15) is 6.33 Å². The summed E-state index contributed by atoms with van der Waals surface area (Å²) in [6, 6.07) is 12.3. The van der Waals surface area contributed by atoms with Gasteiger partial charge < -0.3 is 10.1 Å². The van der Waals surface area contributed by atoms with Gasteiger partial charge in [-0.05, 0) is 42.5 Å². The van der Waals surface area contributed by atoms with Crippen LogP contribution in [0.3, 0.4) is 0 Å². The molecule has 0 radical (unpaired) electrons.